The van der Waals surface area contributed by atoms with E-state index in [9.17, 15) is 4.79 Å². The van der Waals surface area contributed by atoms with E-state index < -0.39 is 0 Å². The number of likely N-dealkylation sites (tertiary alicyclic amines) is 1. The summed E-state index contributed by atoms with van der Waals surface area (Å²) >= 11 is 0. The van der Waals surface area contributed by atoms with Crippen LogP contribution < -0.4 is 0 Å². The van der Waals surface area contributed by atoms with Crippen LogP contribution in [-0.4, -0.2) is 24.3 Å². The van der Waals surface area contributed by atoms with Crippen molar-refractivity contribution in [2.45, 2.75) is 38.6 Å². The van der Waals surface area contributed by atoms with Crippen LogP contribution >= 0.6 is 0 Å². The quantitative estimate of drug-likeness (QED) is 0.809. The third-order valence-corrected chi connectivity index (χ3v) is 4.89. The highest BCUT2D eigenvalue weighted by Gasteiger charge is 2.51. The molecule has 1 aromatic rings. The molecular formula is C17H23NO. The summed E-state index contributed by atoms with van der Waals surface area (Å²) in [6.07, 6.45) is 2.07. The largest absolute Gasteiger partial charge is 0.299 e. The lowest BCUT2D eigenvalue weighted by Crippen LogP contribution is -2.26. The van der Waals surface area contributed by atoms with E-state index in [0.717, 1.165) is 19.4 Å². The van der Waals surface area contributed by atoms with E-state index in [1.54, 1.807) is 0 Å². The van der Waals surface area contributed by atoms with E-state index in [4.69, 9.17) is 0 Å². The number of hydrogen-bond donors (Lipinski definition) is 0. The SMILES string of the molecule is CC(C)c1ccccc1C1CC2C(=O)C2CCN1C. The summed E-state index contributed by atoms with van der Waals surface area (Å²) in [7, 11) is 2.21. The van der Waals surface area contributed by atoms with Crippen LogP contribution in [0.2, 0.25) is 0 Å². The number of ketones is 1. The molecule has 3 rings (SSSR count). The lowest BCUT2D eigenvalue weighted by atomic mass is 9.90. The van der Waals surface area contributed by atoms with Gasteiger partial charge in [0.25, 0.3) is 0 Å². The Labute approximate surface area is 115 Å². The number of carbonyl (C=O) groups excluding carboxylic acids is 1. The molecule has 1 aliphatic heterocycles. The number of Topliss-reactive ketones (excluding diaryl/α,β-unsaturated/α-hetero) is 1. The van der Waals surface area contributed by atoms with Crippen LogP contribution in [0.25, 0.3) is 0 Å². The first-order valence-electron chi connectivity index (χ1n) is 7.42. The van der Waals surface area contributed by atoms with Crippen LogP contribution in [0.1, 0.15) is 49.8 Å². The molecule has 0 spiro atoms. The molecule has 0 aromatic heterocycles. The van der Waals surface area contributed by atoms with E-state index in [1.165, 1.54) is 11.1 Å². The van der Waals surface area contributed by atoms with Crippen molar-refractivity contribution >= 4 is 5.78 Å². The van der Waals surface area contributed by atoms with E-state index in [-0.39, 0.29) is 0 Å². The summed E-state index contributed by atoms with van der Waals surface area (Å²) in [5, 5.41) is 0. The van der Waals surface area contributed by atoms with Gasteiger partial charge in [0.15, 0.2) is 0 Å². The van der Waals surface area contributed by atoms with E-state index in [1.807, 2.05) is 0 Å². The molecule has 1 saturated carbocycles. The zero-order chi connectivity index (χ0) is 13.6. The molecule has 0 N–H and O–H groups in total. The van der Waals surface area contributed by atoms with Crippen molar-refractivity contribution in [3.8, 4) is 0 Å². The smallest absolute Gasteiger partial charge is 0.140 e. The molecule has 0 amide bonds. The van der Waals surface area contributed by atoms with Crippen molar-refractivity contribution in [3.63, 3.8) is 0 Å². The summed E-state index contributed by atoms with van der Waals surface area (Å²) in [4.78, 5) is 14.2. The van der Waals surface area contributed by atoms with Crippen molar-refractivity contribution in [2.24, 2.45) is 11.8 Å². The second kappa shape index (κ2) is 4.75. The summed E-state index contributed by atoms with van der Waals surface area (Å²) in [6.45, 7) is 5.55. The molecule has 0 bridgehead atoms. The molecule has 2 nitrogen and oxygen atoms in total. The van der Waals surface area contributed by atoms with Gasteiger partial charge >= 0.3 is 0 Å². The molecule has 1 aliphatic carbocycles. The van der Waals surface area contributed by atoms with Gasteiger partial charge in [-0.1, -0.05) is 38.1 Å². The minimum absolute atomic E-state index is 0.343. The van der Waals surface area contributed by atoms with Crippen LogP contribution in [-0.2, 0) is 4.79 Å². The molecular weight excluding hydrogens is 234 g/mol. The topological polar surface area (TPSA) is 20.3 Å². The molecule has 2 fully saturated rings. The fourth-order valence-corrected chi connectivity index (χ4v) is 3.60. The fourth-order valence-electron chi connectivity index (χ4n) is 3.60. The number of rotatable bonds is 2. The van der Waals surface area contributed by atoms with E-state index in [2.05, 4.69) is 50.1 Å². The van der Waals surface area contributed by atoms with E-state index in [0.29, 0.717) is 29.6 Å². The number of fused-ring (bicyclic) bond motifs is 1. The number of carbonyl (C=O) groups is 1. The number of benzene rings is 1. The maximum absolute atomic E-state index is 11.8. The summed E-state index contributed by atoms with van der Waals surface area (Å²) in [6, 6.07) is 9.17. The molecule has 2 aliphatic rings. The van der Waals surface area contributed by atoms with Crippen molar-refractivity contribution in [2.75, 3.05) is 13.6 Å². The molecule has 1 heterocycles. The molecule has 3 unspecified atom stereocenters. The minimum Gasteiger partial charge on any atom is -0.299 e. The Balaban J connectivity index is 1.93. The second-order valence-corrected chi connectivity index (χ2v) is 6.42. The van der Waals surface area contributed by atoms with Crippen molar-refractivity contribution in [1.29, 1.82) is 0 Å². The summed E-state index contributed by atoms with van der Waals surface area (Å²) in [5.74, 6) is 1.77. The van der Waals surface area contributed by atoms with Gasteiger partial charge < -0.3 is 0 Å². The van der Waals surface area contributed by atoms with Crippen LogP contribution in [0.15, 0.2) is 24.3 Å². The summed E-state index contributed by atoms with van der Waals surface area (Å²) < 4.78 is 0. The maximum Gasteiger partial charge on any atom is 0.140 e. The Morgan fingerprint density at radius 3 is 2.68 bits per heavy atom. The van der Waals surface area contributed by atoms with Gasteiger partial charge in [-0.25, -0.2) is 0 Å². The first-order chi connectivity index (χ1) is 9.09. The Kier molecular flexibility index (Phi) is 3.22. The van der Waals surface area contributed by atoms with Gasteiger partial charge in [0.2, 0.25) is 0 Å². The zero-order valence-corrected chi connectivity index (χ0v) is 12.1. The standard InChI is InChI=1S/C17H23NO/c1-11(2)12-6-4-5-7-13(12)16-10-15-14(17(15)19)8-9-18(16)3/h4-7,11,14-16H,8-10H2,1-3H3. The van der Waals surface area contributed by atoms with Gasteiger partial charge in [-0.05, 0) is 43.5 Å². The highest BCUT2D eigenvalue weighted by atomic mass is 16.1. The molecule has 19 heavy (non-hydrogen) atoms. The third kappa shape index (κ3) is 2.23. The predicted molar refractivity (Wildman–Crippen MR) is 77.1 cm³/mol. The van der Waals surface area contributed by atoms with Crippen LogP contribution in [0, 0.1) is 11.8 Å². The van der Waals surface area contributed by atoms with Crippen molar-refractivity contribution < 1.29 is 4.79 Å². The zero-order valence-electron chi connectivity index (χ0n) is 12.1. The lowest BCUT2D eigenvalue weighted by Gasteiger charge is -2.29. The molecule has 1 aromatic carbocycles. The Morgan fingerprint density at radius 1 is 1.21 bits per heavy atom. The molecule has 102 valence electrons. The van der Waals surface area contributed by atoms with E-state index >= 15 is 0 Å². The van der Waals surface area contributed by atoms with Crippen molar-refractivity contribution in [1.82, 2.24) is 4.90 Å². The van der Waals surface area contributed by atoms with Crippen molar-refractivity contribution in [3.05, 3.63) is 35.4 Å². The summed E-state index contributed by atoms with van der Waals surface area (Å²) in [5.41, 5.74) is 2.87. The monoisotopic (exact) mass is 257 g/mol. The third-order valence-electron chi connectivity index (χ3n) is 4.89. The minimum atomic E-state index is 0.343. The van der Waals surface area contributed by atoms with Gasteiger partial charge in [0.1, 0.15) is 5.78 Å². The van der Waals surface area contributed by atoms with Gasteiger partial charge in [-0.3, -0.25) is 9.69 Å². The van der Waals surface area contributed by atoms with Gasteiger partial charge in [-0.2, -0.15) is 0 Å². The number of nitrogens with zero attached hydrogens (tertiary/aromatic N) is 1. The molecule has 3 atom stereocenters. The van der Waals surface area contributed by atoms with Gasteiger partial charge in [0.05, 0.1) is 0 Å². The average molecular weight is 257 g/mol. The number of hydrogen-bond acceptors (Lipinski definition) is 2. The molecule has 1 saturated heterocycles. The normalized spacial score (nSPS) is 31.2. The lowest BCUT2D eigenvalue weighted by molar-refractivity contribution is -0.112. The molecule has 2 heteroatoms. The predicted octanol–water partition coefficient (Wildman–Crippen LogP) is 3.39. The van der Waals surface area contributed by atoms with Gasteiger partial charge in [-0.15, -0.1) is 0 Å². The highest BCUT2D eigenvalue weighted by Crippen LogP contribution is 2.47. The highest BCUT2D eigenvalue weighted by molar-refractivity contribution is 5.99. The average Bonchev–Trinajstić information content (AvgIpc) is 3.06. The maximum atomic E-state index is 11.8. The Bertz CT molecular complexity index is 494. The van der Waals surface area contributed by atoms with Crippen LogP contribution in [0.5, 0.6) is 0 Å². The second-order valence-electron chi connectivity index (χ2n) is 6.42. The first-order valence-corrected chi connectivity index (χ1v) is 7.42. The Morgan fingerprint density at radius 2 is 1.95 bits per heavy atom. The fraction of sp³-hybridized carbons (Fsp3) is 0.588. The first kappa shape index (κ1) is 12.9. The van der Waals surface area contributed by atoms with Gasteiger partial charge in [0, 0.05) is 17.9 Å². The van der Waals surface area contributed by atoms with Crippen LogP contribution in [0.4, 0.5) is 0 Å². The Hall–Kier alpha value is -1.15. The van der Waals surface area contributed by atoms with Crippen LogP contribution in [0.3, 0.4) is 0 Å². The molecule has 0 radical (unpaired) electrons.